The molecule has 2 rings (SSSR count). The number of benzene rings is 1. The van der Waals surface area contributed by atoms with Crippen molar-refractivity contribution in [3.8, 4) is 0 Å². The largest absolute Gasteiger partial charge is 0.313 e. The Labute approximate surface area is 111 Å². The van der Waals surface area contributed by atoms with Crippen LogP contribution >= 0.6 is 15.9 Å². The van der Waals surface area contributed by atoms with Crippen molar-refractivity contribution in [3.63, 3.8) is 0 Å². The van der Waals surface area contributed by atoms with Crippen LogP contribution in [0.1, 0.15) is 44.2 Å². The summed E-state index contributed by atoms with van der Waals surface area (Å²) >= 11 is 3.27. The van der Waals surface area contributed by atoms with E-state index in [1.54, 1.807) is 6.07 Å². The molecule has 0 aromatic heterocycles. The summed E-state index contributed by atoms with van der Waals surface area (Å²) < 4.78 is 13.8. The summed E-state index contributed by atoms with van der Waals surface area (Å²) in [7, 11) is 1.99. The van der Waals surface area contributed by atoms with Crippen LogP contribution in [-0.2, 0) is 0 Å². The Kier molecular flexibility index (Phi) is 3.88. The van der Waals surface area contributed by atoms with Gasteiger partial charge in [0, 0.05) is 6.04 Å². The van der Waals surface area contributed by atoms with E-state index >= 15 is 0 Å². The van der Waals surface area contributed by atoms with Gasteiger partial charge in [-0.3, -0.25) is 0 Å². The topological polar surface area (TPSA) is 12.0 Å². The number of nitrogens with one attached hydrogen (secondary N) is 1. The molecule has 1 N–H and O–H groups in total. The highest BCUT2D eigenvalue weighted by Gasteiger charge is 2.37. The van der Waals surface area contributed by atoms with E-state index in [1.165, 1.54) is 31.2 Å². The highest BCUT2D eigenvalue weighted by molar-refractivity contribution is 9.10. The molecule has 1 aromatic rings. The molecule has 1 aliphatic carbocycles. The molecule has 1 fully saturated rings. The van der Waals surface area contributed by atoms with E-state index in [9.17, 15) is 4.39 Å². The van der Waals surface area contributed by atoms with E-state index in [-0.39, 0.29) is 5.82 Å². The van der Waals surface area contributed by atoms with Gasteiger partial charge in [-0.2, -0.15) is 0 Å². The zero-order valence-corrected chi connectivity index (χ0v) is 12.0. The summed E-state index contributed by atoms with van der Waals surface area (Å²) in [5, 5.41) is 3.40. The van der Waals surface area contributed by atoms with Crippen molar-refractivity contribution in [2.75, 3.05) is 7.05 Å². The van der Waals surface area contributed by atoms with Gasteiger partial charge in [0.2, 0.25) is 0 Å². The fourth-order valence-corrected chi connectivity index (χ4v) is 3.48. The minimum Gasteiger partial charge on any atom is -0.313 e. The second kappa shape index (κ2) is 5.07. The highest BCUT2D eigenvalue weighted by atomic mass is 79.9. The lowest BCUT2D eigenvalue weighted by Crippen LogP contribution is -2.32. The average molecular weight is 300 g/mol. The molecular formula is C14H19BrFN. The van der Waals surface area contributed by atoms with Gasteiger partial charge >= 0.3 is 0 Å². The van der Waals surface area contributed by atoms with Crippen LogP contribution in [0.25, 0.3) is 0 Å². The average Bonchev–Trinajstić information content (AvgIpc) is 2.72. The second-order valence-corrected chi connectivity index (χ2v) is 6.11. The SMILES string of the molecule is CNC(c1ccc(F)c(Br)c1)C1(C)CCCC1. The minimum atomic E-state index is -0.194. The fraction of sp³-hybridized carbons (Fsp3) is 0.571. The number of halogens is 2. The fourth-order valence-electron chi connectivity index (χ4n) is 3.08. The molecule has 0 radical (unpaired) electrons. The van der Waals surface area contributed by atoms with E-state index < -0.39 is 0 Å². The Morgan fingerprint density at radius 1 is 1.35 bits per heavy atom. The van der Waals surface area contributed by atoms with Crippen LogP contribution in [-0.4, -0.2) is 7.05 Å². The van der Waals surface area contributed by atoms with Gasteiger partial charge in [0.05, 0.1) is 4.47 Å². The molecule has 17 heavy (non-hydrogen) atoms. The van der Waals surface area contributed by atoms with Gasteiger partial charge in [-0.15, -0.1) is 0 Å². The lowest BCUT2D eigenvalue weighted by Gasteiger charge is -2.34. The summed E-state index contributed by atoms with van der Waals surface area (Å²) in [5.41, 5.74) is 1.47. The van der Waals surface area contributed by atoms with Gasteiger partial charge < -0.3 is 5.32 Å². The predicted octanol–water partition coefficient (Wildman–Crippen LogP) is 4.43. The van der Waals surface area contributed by atoms with Gasteiger partial charge in [0.25, 0.3) is 0 Å². The third-order valence-electron chi connectivity index (χ3n) is 4.01. The molecule has 1 unspecified atom stereocenters. The van der Waals surface area contributed by atoms with Crippen LogP contribution in [0.3, 0.4) is 0 Å². The van der Waals surface area contributed by atoms with Crippen LogP contribution in [0.4, 0.5) is 4.39 Å². The zero-order valence-electron chi connectivity index (χ0n) is 10.4. The first kappa shape index (κ1) is 13.0. The molecule has 0 amide bonds. The normalized spacial score (nSPS) is 20.5. The quantitative estimate of drug-likeness (QED) is 0.871. The molecule has 0 spiro atoms. The summed E-state index contributed by atoms with van der Waals surface area (Å²) in [6, 6.07) is 5.65. The summed E-state index contributed by atoms with van der Waals surface area (Å²) in [6.07, 6.45) is 5.09. The smallest absolute Gasteiger partial charge is 0.137 e. The van der Waals surface area contributed by atoms with E-state index in [2.05, 4.69) is 28.2 Å². The van der Waals surface area contributed by atoms with Crippen molar-refractivity contribution in [1.29, 1.82) is 0 Å². The molecule has 0 aliphatic heterocycles. The summed E-state index contributed by atoms with van der Waals surface area (Å²) in [4.78, 5) is 0. The standard InChI is InChI=1S/C14H19BrFN/c1-14(7-3-4-8-14)13(17-2)10-5-6-12(16)11(15)9-10/h5-6,9,13,17H,3-4,7-8H2,1-2H3. The Morgan fingerprint density at radius 2 is 2.00 bits per heavy atom. The third-order valence-corrected chi connectivity index (χ3v) is 4.62. The van der Waals surface area contributed by atoms with Gasteiger partial charge in [-0.25, -0.2) is 4.39 Å². The Bertz CT molecular complexity index is 399. The van der Waals surface area contributed by atoms with Crippen LogP contribution in [0.5, 0.6) is 0 Å². The summed E-state index contributed by atoms with van der Waals surface area (Å²) in [6.45, 7) is 2.33. The van der Waals surface area contributed by atoms with Crippen molar-refractivity contribution in [1.82, 2.24) is 5.32 Å². The van der Waals surface area contributed by atoms with Crippen LogP contribution in [0.15, 0.2) is 22.7 Å². The maximum absolute atomic E-state index is 13.3. The first-order valence-electron chi connectivity index (χ1n) is 6.19. The lowest BCUT2D eigenvalue weighted by molar-refractivity contribution is 0.233. The van der Waals surface area contributed by atoms with Crippen molar-refractivity contribution in [3.05, 3.63) is 34.1 Å². The molecule has 1 aromatic carbocycles. The van der Waals surface area contributed by atoms with Crippen LogP contribution in [0.2, 0.25) is 0 Å². The molecule has 1 aliphatic rings. The van der Waals surface area contributed by atoms with Gasteiger partial charge in [-0.05, 0) is 58.9 Å². The molecule has 1 atom stereocenters. The van der Waals surface area contributed by atoms with Gasteiger partial charge in [0.15, 0.2) is 0 Å². The molecule has 0 bridgehead atoms. The molecule has 3 heteroatoms. The second-order valence-electron chi connectivity index (χ2n) is 5.26. The van der Waals surface area contributed by atoms with Gasteiger partial charge in [0.1, 0.15) is 5.82 Å². The Hall–Kier alpha value is -0.410. The molecule has 1 saturated carbocycles. The monoisotopic (exact) mass is 299 g/mol. The molecule has 0 saturated heterocycles. The summed E-state index contributed by atoms with van der Waals surface area (Å²) in [5.74, 6) is -0.194. The van der Waals surface area contributed by atoms with Crippen molar-refractivity contribution in [2.24, 2.45) is 5.41 Å². The number of hydrogen-bond acceptors (Lipinski definition) is 1. The predicted molar refractivity (Wildman–Crippen MR) is 72.5 cm³/mol. The number of hydrogen-bond donors (Lipinski definition) is 1. The maximum atomic E-state index is 13.3. The maximum Gasteiger partial charge on any atom is 0.137 e. The van der Waals surface area contributed by atoms with Crippen LogP contribution < -0.4 is 5.32 Å². The van der Waals surface area contributed by atoms with E-state index in [1.807, 2.05) is 19.2 Å². The Morgan fingerprint density at radius 3 is 2.53 bits per heavy atom. The van der Waals surface area contributed by atoms with E-state index in [4.69, 9.17) is 0 Å². The van der Waals surface area contributed by atoms with E-state index in [0.717, 1.165) is 0 Å². The molecule has 1 nitrogen and oxygen atoms in total. The first-order valence-corrected chi connectivity index (χ1v) is 6.98. The van der Waals surface area contributed by atoms with Crippen molar-refractivity contribution in [2.45, 2.75) is 38.6 Å². The molecular weight excluding hydrogens is 281 g/mol. The zero-order chi connectivity index (χ0) is 12.5. The van der Waals surface area contributed by atoms with Crippen LogP contribution in [0, 0.1) is 11.2 Å². The van der Waals surface area contributed by atoms with Crippen molar-refractivity contribution >= 4 is 15.9 Å². The van der Waals surface area contributed by atoms with Gasteiger partial charge in [-0.1, -0.05) is 25.8 Å². The van der Waals surface area contributed by atoms with Crippen molar-refractivity contribution < 1.29 is 4.39 Å². The van der Waals surface area contributed by atoms with E-state index in [0.29, 0.717) is 15.9 Å². The third kappa shape index (κ3) is 2.55. The molecule has 94 valence electrons. The Balaban J connectivity index is 2.31. The highest BCUT2D eigenvalue weighted by Crippen LogP contribution is 2.47. The lowest BCUT2D eigenvalue weighted by atomic mass is 9.77. The first-order chi connectivity index (χ1) is 8.07. The number of rotatable bonds is 3. The minimum absolute atomic E-state index is 0.194. The molecule has 0 heterocycles.